The SMILES string of the molecule is COc1cc(C#N)ccc1NC1=N[C@@H](C(C)C)CS1. The summed E-state index contributed by atoms with van der Waals surface area (Å²) in [5, 5.41) is 13.1. The highest BCUT2D eigenvalue weighted by Gasteiger charge is 2.21. The van der Waals surface area contributed by atoms with Gasteiger partial charge in [-0.3, -0.25) is 4.99 Å². The van der Waals surface area contributed by atoms with Crippen molar-refractivity contribution in [1.29, 1.82) is 5.26 Å². The third-order valence-corrected chi connectivity index (χ3v) is 4.00. The molecule has 100 valence electrons. The second-order valence-electron chi connectivity index (χ2n) is 4.71. The summed E-state index contributed by atoms with van der Waals surface area (Å²) < 4.78 is 5.29. The summed E-state index contributed by atoms with van der Waals surface area (Å²) >= 11 is 1.72. The molecule has 1 aliphatic heterocycles. The van der Waals surface area contributed by atoms with Gasteiger partial charge in [-0.1, -0.05) is 25.6 Å². The number of hydrogen-bond acceptors (Lipinski definition) is 5. The molecule has 0 spiro atoms. The summed E-state index contributed by atoms with van der Waals surface area (Å²) in [7, 11) is 1.60. The number of amidine groups is 1. The van der Waals surface area contributed by atoms with Crippen molar-refractivity contribution < 1.29 is 4.74 Å². The van der Waals surface area contributed by atoms with Crippen LogP contribution in [0.2, 0.25) is 0 Å². The van der Waals surface area contributed by atoms with Gasteiger partial charge in [-0.15, -0.1) is 0 Å². The van der Waals surface area contributed by atoms with Gasteiger partial charge in [0.2, 0.25) is 0 Å². The number of aliphatic imine (C=N–C) groups is 1. The molecule has 1 N–H and O–H groups in total. The molecule has 0 aromatic heterocycles. The zero-order valence-electron chi connectivity index (χ0n) is 11.3. The highest BCUT2D eigenvalue weighted by atomic mass is 32.2. The smallest absolute Gasteiger partial charge is 0.161 e. The number of nitriles is 1. The topological polar surface area (TPSA) is 57.4 Å². The Hall–Kier alpha value is -1.67. The molecule has 0 aliphatic carbocycles. The van der Waals surface area contributed by atoms with Crippen molar-refractivity contribution >= 4 is 22.6 Å². The zero-order valence-corrected chi connectivity index (χ0v) is 12.1. The number of nitrogens with zero attached hydrogens (tertiary/aromatic N) is 2. The predicted molar refractivity (Wildman–Crippen MR) is 79.9 cm³/mol. The normalized spacial score (nSPS) is 18.1. The van der Waals surface area contributed by atoms with Gasteiger partial charge in [0.1, 0.15) is 5.75 Å². The van der Waals surface area contributed by atoms with E-state index < -0.39 is 0 Å². The van der Waals surface area contributed by atoms with Gasteiger partial charge in [-0.2, -0.15) is 5.26 Å². The van der Waals surface area contributed by atoms with Crippen LogP contribution >= 0.6 is 11.8 Å². The second-order valence-corrected chi connectivity index (χ2v) is 5.72. The Labute approximate surface area is 117 Å². The summed E-state index contributed by atoms with van der Waals surface area (Å²) in [4.78, 5) is 4.65. The van der Waals surface area contributed by atoms with E-state index in [1.807, 2.05) is 6.07 Å². The fourth-order valence-corrected chi connectivity index (χ4v) is 2.96. The third kappa shape index (κ3) is 3.21. The Kier molecular flexibility index (Phi) is 4.33. The molecule has 1 aromatic rings. The van der Waals surface area contributed by atoms with Crippen LogP contribution in [0, 0.1) is 17.2 Å². The minimum Gasteiger partial charge on any atom is -0.495 e. The summed E-state index contributed by atoms with van der Waals surface area (Å²) in [5.74, 6) is 2.23. The third-order valence-electron chi connectivity index (χ3n) is 3.02. The molecule has 19 heavy (non-hydrogen) atoms. The maximum atomic E-state index is 8.87. The van der Waals surface area contributed by atoms with E-state index >= 15 is 0 Å². The first-order chi connectivity index (χ1) is 9.13. The Balaban J connectivity index is 2.16. The summed E-state index contributed by atoms with van der Waals surface area (Å²) in [6.07, 6.45) is 0. The molecule has 0 saturated carbocycles. The lowest BCUT2D eigenvalue weighted by Gasteiger charge is -2.10. The summed E-state index contributed by atoms with van der Waals surface area (Å²) in [5.41, 5.74) is 1.43. The molecular weight excluding hydrogens is 258 g/mol. The number of anilines is 1. The van der Waals surface area contributed by atoms with E-state index in [2.05, 4.69) is 30.2 Å². The number of rotatable bonds is 3. The largest absolute Gasteiger partial charge is 0.495 e. The summed E-state index contributed by atoms with van der Waals surface area (Å²) in [6, 6.07) is 7.82. The van der Waals surface area contributed by atoms with Crippen molar-refractivity contribution in [3.8, 4) is 11.8 Å². The average Bonchev–Trinajstić information content (AvgIpc) is 2.88. The van der Waals surface area contributed by atoms with Gasteiger partial charge < -0.3 is 10.1 Å². The van der Waals surface area contributed by atoms with Crippen LogP contribution in [0.3, 0.4) is 0 Å². The second kappa shape index (κ2) is 5.98. The number of thioether (sulfide) groups is 1. The van der Waals surface area contributed by atoms with E-state index in [0.29, 0.717) is 23.3 Å². The maximum Gasteiger partial charge on any atom is 0.161 e. The van der Waals surface area contributed by atoms with Gasteiger partial charge in [0, 0.05) is 11.8 Å². The van der Waals surface area contributed by atoms with Crippen LogP contribution < -0.4 is 10.1 Å². The molecule has 0 bridgehead atoms. The van der Waals surface area contributed by atoms with Crippen LogP contribution in [0.5, 0.6) is 5.75 Å². The van der Waals surface area contributed by atoms with E-state index in [1.54, 1.807) is 31.0 Å². The van der Waals surface area contributed by atoms with Gasteiger partial charge >= 0.3 is 0 Å². The van der Waals surface area contributed by atoms with E-state index in [1.165, 1.54) is 0 Å². The van der Waals surface area contributed by atoms with Gasteiger partial charge in [-0.25, -0.2) is 0 Å². The molecule has 5 heteroatoms. The lowest BCUT2D eigenvalue weighted by Crippen LogP contribution is -2.12. The summed E-state index contributed by atoms with van der Waals surface area (Å²) in [6.45, 7) is 4.36. The molecule has 0 saturated heterocycles. The molecular formula is C14H17N3OS. The van der Waals surface area contributed by atoms with Crippen LogP contribution in [0.4, 0.5) is 5.69 Å². The van der Waals surface area contributed by atoms with E-state index in [9.17, 15) is 0 Å². The Bertz CT molecular complexity index is 534. The number of benzene rings is 1. The highest BCUT2D eigenvalue weighted by molar-refractivity contribution is 8.14. The first-order valence-corrected chi connectivity index (χ1v) is 7.18. The van der Waals surface area contributed by atoms with Crippen molar-refractivity contribution in [3.63, 3.8) is 0 Å². The number of ether oxygens (including phenoxy) is 1. The average molecular weight is 275 g/mol. The van der Waals surface area contributed by atoms with Crippen LogP contribution in [0.15, 0.2) is 23.2 Å². The van der Waals surface area contributed by atoms with Crippen molar-refractivity contribution in [1.82, 2.24) is 0 Å². The molecule has 1 aliphatic rings. The molecule has 1 heterocycles. The van der Waals surface area contributed by atoms with E-state index in [0.717, 1.165) is 16.6 Å². The lowest BCUT2D eigenvalue weighted by molar-refractivity contribution is 0.417. The highest BCUT2D eigenvalue weighted by Crippen LogP contribution is 2.29. The van der Waals surface area contributed by atoms with Crippen molar-refractivity contribution in [2.75, 3.05) is 18.2 Å². The van der Waals surface area contributed by atoms with E-state index in [4.69, 9.17) is 10.00 Å². The molecule has 0 amide bonds. The van der Waals surface area contributed by atoms with Crippen LogP contribution in [-0.4, -0.2) is 24.1 Å². The molecule has 1 aromatic carbocycles. The standard InChI is InChI=1S/C14H17N3OS/c1-9(2)12-8-19-14(17-12)16-11-5-4-10(7-15)6-13(11)18-3/h4-6,9,12H,8H2,1-3H3,(H,16,17)/t12-/m1/s1. The van der Waals surface area contributed by atoms with Gasteiger partial charge in [-0.05, 0) is 18.1 Å². The molecule has 4 nitrogen and oxygen atoms in total. The fraction of sp³-hybridized carbons (Fsp3) is 0.429. The maximum absolute atomic E-state index is 8.87. The lowest BCUT2D eigenvalue weighted by atomic mass is 10.1. The molecule has 0 radical (unpaired) electrons. The van der Waals surface area contributed by atoms with Gasteiger partial charge in [0.05, 0.1) is 30.5 Å². The zero-order chi connectivity index (χ0) is 13.8. The minimum atomic E-state index is 0.372. The van der Waals surface area contributed by atoms with Crippen LogP contribution in [0.1, 0.15) is 19.4 Å². The number of methoxy groups -OCH3 is 1. The van der Waals surface area contributed by atoms with Gasteiger partial charge in [0.25, 0.3) is 0 Å². The van der Waals surface area contributed by atoms with E-state index in [-0.39, 0.29) is 0 Å². The van der Waals surface area contributed by atoms with Crippen molar-refractivity contribution in [2.45, 2.75) is 19.9 Å². The fourth-order valence-electron chi connectivity index (χ4n) is 1.78. The number of nitrogens with one attached hydrogen (secondary N) is 1. The quantitative estimate of drug-likeness (QED) is 0.921. The Morgan fingerprint density at radius 2 is 2.32 bits per heavy atom. The van der Waals surface area contributed by atoms with Crippen LogP contribution in [-0.2, 0) is 0 Å². The molecule has 0 unspecified atom stereocenters. The first kappa shape index (κ1) is 13.8. The van der Waals surface area contributed by atoms with Crippen LogP contribution in [0.25, 0.3) is 0 Å². The molecule has 0 fully saturated rings. The predicted octanol–water partition coefficient (Wildman–Crippen LogP) is 3.11. The Morgan fingerprint density at radius 3 is 2.89 bits per heavy atom. The van der Waals surface area contributed by atoms with Crippen molar-refractivity contribution in [3.05, 3.63) is 23.8 Å². The Morgan fingerprint density at radius 1 is 1.53 bits per heavy atom. The van der Waals surface area contributed by atoms with Crippen molar-refractivity contribution in [2.24, 2.45) is 10.9 Å². The molecule has 2 rings (SSSR count). The number of hydrogen-bond donors (Lipinski definition) is 1. The molecule has 1 atom stereocenters. The van der Waals surface area contributed by atoms with Gasteiger partial charge in [0.15, 0.2) is 5.17 Å². The first-order valence-electron chi connectivity index (χ1n) is 6.19. The monoisotopic (exact) mass is 275 g/mol. The minimum absolute atomic E-state index is 0.372.